The second kappa shape index (κ2) is 8.07. The largest absolute Gasteiger partial charge is 0.469 e. The molecule has 7 heterocycles. The lowest BCUT2D eigenvalue weighted by atomic mass is 9.66. The second-order valence-corrected chi connectivity index (χ2v) is 25.0. The van der Waals surface area contributed by atoms with E-state index in [2.05, 4.69) is 14.8 Å². The highest BCUT2D eigenvalue weighted by atomic mass is 79.9. The third-order valence-electron chi connectivity index (χ3n) is 8.33. The molecule has 0 bridgehead atoms. The summed E-state index contributed by atoms with van der Waals surface area (Å²) in [6, 6.07) is 19.5. The first-order valence-electron chi connectivity index (χ1n) is 12.2. The van der Waals surface area contributed by atoms with Crippen LogP contribution in [0, 0.1) is 0 Å². The first kappa shape index (κ1) is 26.4. The molecule has 0 spiro atoms. The van der Waals surface area contributed by atoms with Gasteiger partial charge in [0.2, 0.25) is 5.67 Å². The summed E-state index contributed by atoms with van der Waals surface area (Å²) in [5, 5.41) is -0.840. The van der Waals surface area contributed by atoms with Crippen LogP contribution in [0.15, 0.2) is 136 Å². The molecule has 7 rings (SSSR count). The zero-order valence-corrected chi connectivity index (χ0v) is 25.6. The molecule has 1 fully saturated rings. The summed E-state index contributed by atoms with van der Waals surface area (Å²) in [7, 11) is 8.42. The number of rotatable bonds is 6. The molecule has 4 nitrogen and oxygen atoms in total. The molecule has 0 radical (unpaired) electrons. The minimum atomic E-state index is -5.93. The molecular formula is C29H22BrClF2O4S3. The van der Waals surface area contributed by atoms with E-state index in [9.17, 15) is 0 Å². The highest BCUT2D eigenvalue weighted by Crippen LogP contribution is 3.24. The van der Waals surface area contributed by atoms with E-state index in [1.54, 1.807) is 60.8 Å². The zero-order chi connectivity index (χ0) is 27.9. The summed E-state index contributed by atoms with van der Waals surface area (Å²) in [4.78, 5) is 0.706. The third kappa shape index (κ3) is 2.48. The smallest absolute Gasteiger partial charge is 0.256 e. The molecule has 0 saturated carbocycles. The monoisotopic (exact) mass is 682 g/mol. The summed E-state index contributed by atoms with van der Waals surface area (Å²) >= 11 is 6.41. The highest BCUT2D eigenvalue weighted by Gasteiger charge is 3.00. The first-order chi connectivity index (χ1) is 19.1. The van der Waals surface area contributed by atoms with Crippen LogP contribution in [0.4, 0.5) is 8.78 Å². The van der Waals surface area contributed by atoms with Gasteiger partial charge in [-0.05, 0) is 99.1 Å². The molecule has 4 atom stereocenters. The van der Waals surface area contributed by atoms with Crippen LogP contribution < -0.4 is 0 Å². The van der Waals surface area contributed by atoms with Crippen molar-refractivity contribution in [2.45, 2.75) is 38.4 Å². The summed E-state index contributed by atoms with van der Waals surface area (Å²) in [6.45, 7) is 1.66. The van der Waals surface area contributed by atoms with Gasteiger partial charge in [0.25, 0.3) is 5.00 Å². The Hall–Kier alpha value is -2.50. The fourth-order valence-corrected chi connectivity index (χ4v) is 22.4. The Morgan fingerprint density at radius 2 is 1.30 bits per heavy atom. The van der Waals surface area contributed by atoms with Crippen molar-refractivity contribution in [3.63, 3.8) is 0 Å². The van der Waals surface area contributed by atoms with E-state index in [-0.39, 0.29) is 26.6 Å². The average Bonchev–Trinajstić information content (AvgIpc) is 3.78. The predicted molar refractivity (Wildman–Crippen MR) is 158 cm³/mol. The molecule has 1 saturated heterocycles. The van der Waals surface area contributed by atoms with Gasteiger partial charge in [-0.1, -0.05) is 22.8 Å². The number of hydrogen-bond donors (Lipinski definition) is 0. The normalized spacial score (nSPS) is 32.2. The van der Waals surface area contributed by atoms with Crippen molar-refractivity contribution in [3.8, 4) is 0 Å². The minimum Gasteiger partial charge on any atom is -0.469 e. The Morgan fingerprint density at radius 1 is 0.750 bits per heavy atom. The molecule has 6 aromatic heterocycles. The van der Waals surface area contributed by atoms with Gasteiger partial charge < -0.3 is 17.7 Å². The van der Waals surface area contributed by atoms with Crippen molar-refractivity contribution in [1.29, 1.82) is 0 Å². The van der Waals surface area contributed by atoms with Crippen molar-refractivity contribution in [1.82, 2.24) is 0 Å². The SMILES string of the molecule is CC1(c2ccco2)C(c2cccs2)S(Cl)(Br)(c2ccco2)(c2ccco2)C(F)(c2ccco2)C1(F)c1cccs1. The maximum Gasteiger partial charge on any atom is 0.256 e. The molecule has 0 amide bonds. The van der Waals surface area contributed by atoms with Gasteiger partial charge in [0.05, 0.1) is 35.7 Å². The van der Waals surface area contributed by atoms with Gasteiger partial charge >= 0.3 is 0 Å². The van der Waals surface area contributed by atoms with E-state index in [1.807, 2.05) is 17.5 Å². The van der Waals surface area contributed by atoms with Crippen LogP contribution in [-0.4, -0.2) is 0 Å². The van der Waals surface area contributed by atoms with Gasteiger partial charge in [-0.3, -0.25) is 0 Å². The zero-order valence-electron chi connectivity index (χ0n) is 20.8. The number of alkyl halides is 2. The topological polar surface area (TPSA) is 52.6 Å². The van der Waals surface area contributed by atoms with Gasteiger partial charge in [0.1, 0.15) is 5.76 Å². The molecule has 4 unspecified atom stereocenters. The molecule has 0 N–H and O–H groups in total. The van der Waals surface area contributed by atoms with Crippen molar-refractivity contribution in [2.75, 3.05) is 0 Å². The number of hydrogen-bond acceptors (Lipinski definition) is 6. The first-order valence-corrected chi connectivity index (χ1v) is 19.2. The van der Waals surface area contributed by atoms with E-state index in [0.29, 0.717) is 4.88 Å². The van der Waals surface area contributed by atoms with Crippen molar-refractivity contribution < 1.29 is 26.4 Å². The number of thiophene rings is 2. The van der Waals surface area contributed by atoms with Gasteiger partial charge in [0, 0.05) is 9.75 Å². The van der Waals surface area contributed by atoms with E-state index >= 15 is 8.78 Å². The van der Waals surface area contributed by atoms with E-state index < -0.39 is 27.3 Å². The van der Waals surface area contributed by atoms with Crippen LogP contribution in [0.2, 0.25) is 0 Å². The van der Waals surface area contributed by atoms with Gasteiger partial charge in [0.15, 0.2) is 15.9 Å². The summed E-state index contributed by atoms with van der Waals surface area (Å²) < 4.78 is 63.5. The lowest BCUT2D eigenvalue weighted by Crippen LogP contribution is -2.52. The summed E-state index contributed by atoms with van der Waals surface area (Å²) in [5.74, 6) is -6.04. The van der Waals surface area contributed by atoms with Crippen LogP contribution in [-0.2, 0) is 16.1 Å². The maximum atomic E-state index is 19.9. The Labute approximate surface area is 247 Å². The minimum absolute atomic E-state index is 0.0113. The van der Waals surface area contributed by atoms with Crippen molar-refractivity contribution in [2.24, 2.45) is 0 Å². The molecule has 40 heavy (non-hydrogen) atoms. The Kier molecular flexibility index (Phi) is 5.33. The molecule has 0 aromatic carbocycles. The number of halogens is 4. The molecular weight excluding hydrogens is 662 g/mol. The number of furan rings is 4. The van der Waals surface area contributed by atoms with Crippen LogP contribution >= 0.6 is 54.1 Å². The average molecular weight is 684 g/mol. The molecule has 0 aliphatic carbocycles. The lowest BCUT2D eigenvalue weighted by Gasteiger charge is -2.71. The molecule has 1 aliphatic heterocycles. The Balaban J connectivity index is 1.86. The maximum absolute atomic E-state index is 19.9. The molecule has 1 aliphatic rings. The van der Waals surface area contributed by atoms with Gasteiger partial charge in [-0.2, -0.15) is 0 Å². The molecule has 11 heteroatoms. The van der Waals surface area contributed by atoms with E-state index in [0.717, 1.165) is 11.3 Å². The van der Waals surface area contributed by atoms with Crippen molar-refractivity contribution >= 4 is 54.1 Å². The Bertz CT molecular complexity index is 1730. The summed E-state index contributed by atoms with van der Waals surface area (Å²) in [5.41, 5.74) is -4.72. The van der Waals surface area contributed by atoms with Gasteiger partial charge in [-0.25, -0.2) is 8.78 Å². The predicted octanol–water partition coefficient (Wildman–Crippen LogP) is 11.3. The molecule has 6 aromatic rings. The molecule has 208 valence electrons. The van der Waals surface area contributed by atoms with Crippen molar-refractivity contribution in [3.05, 3.63) is 130 Å². The van der Waals surface area contributed by atoms with E-state index in [1.165, 1.54) is 48.5 Å². The van der Waals surface area contributed by atoms with Crippen LogP contribution in [0.3, 0.4) is 0 Å². The van der Waals surface area contributed by atoms with Gasteiger partial charge in [-0.15, -0.1) is 22.7 Å². The quantitative estimate of drug-likeness (QED) is 0.175. The lowest BCUT2D eigenvalue weighted by molar-refractivity contribution is -0.0497. The fraction of sp³-hybridized carbons (Fsp3) is 0.172. The van der Waals surface area contributed by atoms with Crippen LogP contribution in [0.1, 0.15) is 33.4 Å². The summed E-state index contributed by atoms with van der Waals surface area (Å²) in [6.07, 6.45) is 5.56. The van der Waals surface area contributed by atoms with E-state index in [4.69, 9.17) is 28.4 Å². The second-order valence-electron chi connectivity index (χ2n) is 10.0. The standard InChI is InChI=1S/C29H22BrClF2O4S3/c1-27(21-9-2-14-34-21)26(20-8-6-18-38-20)40(30,31,24-12-4-16-36-24,25-13-5-17-37-25)29(33,22-10-3-15-35-22)28(27,32)23-11-7-19-39-23/h2-19,26H,1H3. The Morgan fingerprint density at radius 3 is 1.77 bits per heavy atom. The third-order valence-corrected chi connectivity index (χ3v) is 22.8. The highest BCUT2D eigenvalue weighted by molar-refractivity contribution is 9.71. The fourth-order valence-electron chi connectivity index (χ4n) is 6.83. The van der Waals surface area contributed by atoms with Crippen LogP contribution in [0.5, 0.6) is 0 Å². The van der Waals surface area contributed by atoms with Crippen LogP contribution in [0.25, 0.3) is 0 Å².